The van der Waals surface area contributed by atoms with Crippen molar-refractivity contribution < 1.29 is 0 Å². The van der Waals surface area contributed by atoms with E-state index in [9.17, 15) is 0 Å². The molecule has 102 valence electrons. The van der Waals surface area contributed by atoms with Crippen molar-refractivity contribution in [3.63, 3.8) is 0 Å². The number of nitrogens with one attached hydrogen (secondary N) is 1. The highest BCUT2D eigenvalue weighted by atomic mass is 35.5. The second-order valence-electron chi connectivity index (χ2n) is 4.53. The largest absolute Gasteiger partial charge is 0.309 e. The molecule has 2 heterocycles. The minimum atomic E-state index is 0.305. The molecule has 0 radical (unpaired) electrons. The summed E-state index contributed by atoms with van der Waals surface area (Å²) in [5.74, 6) is 0. The molecular formula is C15H19ClN2S. The van der Waals surface area contributed by atoms with Gasteiger partial charge in [-0.25, -0.2) is 0 Å². The Hall–Kier alpha value is -0.900. The van der Waals surface area contributed by atoms with Crippen LogP contribution in [0.1, 0.15) is 36.4 Å². The molecule has 0 aliphatic heterocycles. The van der Waals surface area contributed by atoms with Crippen molar-refractivity contribution in [1.82, 2.24) is 10.3 Å². The van der Waals surface area contributed by atoms with E-state index in [4.69, 9.17) is 11.6 Å². The first-order chi connectivity index (χ1) is 9.29. The van der Waals surface area contributed by atoms with Gasteiger partial charge in [0.05, 0.1) is 10.7 Å². The van der Waals surface area contributed by atoms with Gasteiger partial charge >= 0.3 is 0 Å². The molecule has 2 aromatic rings. The lowest BCUT2D eigenvalue weighted by molar-refractivity contribution is 0.490. The van der Waals surface area contributed by atoms with Gasteiger partial charge in [0.2, 0.25) is 0 Å². The number of hydrogen-bond donors (Lipinski definition) is 1. The fourth-order valence-electron chi connectivity index (χ4n) is 2.01. The Bertz CT molecular complexity index is 467. The number of thiophene rings is 1. The molecule has 0 amide bonds. The summed E-state index contributed by atoms with van der Waals surface area (Å²) in [7, 11) is 0. The van der Waals surface area contributed by atoms with Gasteiger partial charge in [-0.05, 0) is 49.4 Å². The first-order valence-electron chi connectivity index (χ1n) is 6.67. The smallest absolute Gasteiger partial charge is 0.0589 e. The summed E-state index contributed by atoms with van der Waals surface area (Å²) < 4.78 is 0. The maximum atomic E-state index is 5.90. The van der Waals surface area contributed by atoms with Gasteiger partial charge in [0.15, 0.2) is 0 Å². The Morgan fingerprint density at radius 3 is 2.89 bits per heavy atom. The van der Waals surface area contributed by atoms with Gasteiger partial charge in [-0.1, -0.05) is 24.6 Å². The van der Waals surface area contributed by atoms with Crippen LogP contribution < -0.4 is 5.32 Å². The van der Waals surface area contributed by atoms with Gasteiger partial charge in [-0.3, -0.25) is 4.98 Å². The van der Waals surface area contributed by atoms with Gasteiger partial charge in [0.25, 0.3) is 0 Å². The third-order valence-electron chi connectivity index (χ3n) is 3.01. The zero-order chi connectivity index (χ0) is 13.5. The van der Waals surface area contributed by atoms with Crippen LogP contribution in [0, 0.1) is 0 Å². The predicted molar refractivity (Wildman–Crippen MR) is 82.9 cm³/mol. The first-order valence-corrected chi connectivity index (χ1v) is 7.92. The molecule has 2 aromatic heterocycles. The summed E-state index contributed by atoms with van der Waals surface area (Å²) >= 11 is 7.71. The zero-order valence-corrected chi connectivity index (χ0v) is 12.7. The van der Waals surface area contributed by atoms with E-state index in [2.05, 4.69) is 34.7 Å². The molecule has 19 heavy (non-hydrogen) atoms. The monoisotopic (exact) mass is 294 g/mol. The molecule has 0 aliphatic carbocycles. The van der Waals surface area contributed by atoms with Crippen molar-refractivity contribution >= 4 is 22.9 Å². The molecule has 2 nitrogen and oxygen atoms in total. The van der Waals surface area contributed by atoms with E-state index in [1.165, 1.54) is 4.88 Å². The highest BCUT2D eigenvalue weighted by Gasteiger charge is 2.12. The van der Waals surface area contributed by atoms with Gasteiger partial charge in [-0.15, -0.1) is 11.3 Å². The van der Waals surface area contributed by atoms with Crippen LogP contribution in [0.5, 0.6) is 0 Å². The minimum absolute atomic E-state index is 0.305. The molecule has 4 heteroatoms. The second-order valence-corrected chi connectivity index (χ2v) is 5.99. The second kappa shape index (κ2) is 7.63. The van der Waals surface area contributed by atoms with E-state index in [-0.39, 0.29) is 0 Å². The number of nitrogens with zero attached hydrogens (tertiary/aromatic N) is 1. The molecule has 0 saturated heterocycles. The standard InChI is InChI=1S/C15H19ClN2S/c1-2-9-17-14(8-6-13-4-3-10-19-13)15-7-5-12(16)11-18-15/h3-5,7,10-11,14,17H,2,6,8-9H2,1H3. The third kappa shape index (κ3) is 4.60. The van der Waals surface area contributed by atoms with Crippen LogP contribution >= 0.6 is 22.9 Å². The number of aromatic nitrogens is 1. The van der Waals surface area contributed by atoms with E-state index >= 15 is 0 Å². The van der Waals surface area contributed by atoms with E-state index in [0.717, 1.165) is 31.5 Å². The molecular weight excluding hydrogens is 276 g/mol. The van der Waals surface area contributed by atoms with Crippen LogP contribution in [0.15, 0.2) is 35.8 Å². The van der Waals surface area contributed by atoms with Gasteiger partial charge in [-0.2, -0.15) is 0 Å². The summed E-state index contributed by atoms with van der Waals surface area (Å²) in [6.07, 6.45) is 5.00. The Morgan fingerprint density at radius 1 is 1.37 bits per heavy atom. The molecule has 0 bridgehead atoms. The molecule has 2 rings (SSSR count). The Kier molecular flexibility index (Phi) is 5.83. The van der Waals surface area contributed by atoms with Crippen molar-refractivity contribution in [3.8, 4) is 0 Å². The van der Waals surface area contributed by atoms with Crippen molar-refractivity contribution in [2.75, 3.05) is 6.54 Å². The average Bonchev–Trinajstić information content (AvgIpc) is 2.93. The van der Waals surface area contributed by atoms with Crippen LogP contribution in [0.2, 0.25) is 5.02 Å². The summed E-state index contributed by atoms with van der Waals surface area (Å²) in [6.45, 7) is 3.19. The normalized spacial score (nSPS) is 12.5. The number of hydrogen-bond acceptors (Lipinski definition) is 3. The van der Waals surface area contributed by atoms with Crippen molar-refractivity contribution in [2.45, 2.75) is 32.2 Å². The van der Waals surface area contributed by atoms with Crippen molar-refractivity contribution in [3.05, 3.63) is 51.4 Å². The minimum Gasteiger partial charge on any atom is -0.309 e. The topological polar surface area (TPSA) is 24.9 Å². The van der Waals surface area contributed by atoms with Gasteiger partial charge in [0, 0.05) is 17.1 Å². The summed E-state index contributed by atoms with van der Waals surface area (Å²) in [5.41, 5.74) is 1.08. The highest BCUT2D eigenvalue weighted by molar-refractivity contribution is 7.09. The Labute approximate surface area is 123 Å². The quantitative estimate of drug-likeness (QED) is 0.815. The summed E-state index contributed by atoms with van der Waals surface area (Å²) in [6, 6.07) is 8.53. The third-order valence-corrected chi connectivity index (χ3v) is 4.17. The van der Waals surface area contributed by atoms with Crippen molar-refractivity contribution in [1.29, 1.82) is 0 Å². The maximum absolute atomic E-state index is 5.90. The molecule has 0 saturated carbocycles. The van der Waals surface area contributed by atoms with Crippen LogP contribution in [0.25, 0.3) is 0 Å². The zero-order valence-electron chi connectivity index (χ0n) is 11.1. The van der Waals surface area contributed by atoms with Gasteiger partial charge in [0.1, 0.15) is 0 Å². The Morgan fingerprint density at radius 2 is 2.26 bits per heavy atom. The number of pyridine rings is 1. The lowest BCUT2D eigenvalue weighted by atomic mass is 10.1. The number of halogens is 1. The molecule has 1 atom stereocenters. The van der Waals surface area contributed by atoms with Crippen LogP contribution in [-0.2, 0) is 6.42 Å². The van der Waals surface area contributed by atoms with Crippen LogP contribution in [0.3, 0.4) is 0 Å². The summed E-state index contributed by atoms with van der Waals surface area (Å²) in [5, 5.41) is 6.39. The molecule has 0 spiro atoms. The molecule has 0 aromatic carbocycles. The van der Waals surface area contributed by atoms with E-state index in [1.54, 1.807) is 6.20 Å². The summed E-state index contributed by atoms with van der Waals surface area (Å²) in [4.78, 5) is 5.87. The molecule has 1 N–H and O–H groups in total. The number of aryl methyl sites for hydroxylation is 1. The molecule has 0 aliphatic rings. The fourth-order valence-corrected chi connectivity index (χ4v) is 2.84. The Balaban J connectivity index is 2.00. The fraction of sp³-hybridized carbons (Fsp3) is 0.400. The van der Waals surface area contributed by atoms with E-state index in [0.29, 0.717) is 11.1 Å². The number of rotatable bonds is 7. The first kappa shape index (κ1) is 14.5. The lowest BCUT2D eigenvalue weighted by Crippen LogP contribution is -2.23. The SMILES string of the molecule is CCCNC(CCc1cccs1)c1ccc(Cl)cn1. The molecule has 1 unspecified atom stereocenters. The van der Waals surface area contributed by atoms with E-state index < -0.39 is 0 Å². The highest BCUT2D eigenvalue weighted by Crippen LogP contribution is 2.20. The lowest BCUT2D eigenvalue weighted by Gasteiger charge is -2.17. The predicted octanol–water partition coefficient (Wildman–Crippen LogP) is 4.47. The van der Waals surface area contributed by atoms with Gasteiger partial charge < -0.3 is 5.32 Å². The van der Waals surface area contributed by atoms with Crippen LogP contribution in [-0.4, -0.2) is 11.5 Å². The van der Waals surface area contributed by atoms with E-state index in [1.807, 2.05) is 23.5 Å². The molecule has 0 fully saturated rings. The van der Waals surface area contributed by atoms with Crippen LogP contribution in [0.4, 0.5) is 0 Å². The maximum Gasteiger partial charge on any atom is 0.0589 e. The average molecular weight is 295 g/mol. The van der Waals surface area contributed by atoms with Crippen molar-refractivity contribution in [2.24, 2.45) is 0 Å².